The molecule has 3 amide bonds. The largest absolute Gasteiger partial charge is 0.333 e. The van der Waals surface area contributed by atoms with Crippen LogP contribution in [0.3, 0.4) is 0 Å². The SMILES string of the molecule is CCCN1CC(=O)N(c2ccc(F)cn2)C1=O. The van der Waals surface area contributed by atoms with Crippen LogP contribution in [0.15, 0.2) is 18.3 Å². The minimum absolute atomic E-state index is 0.0612. The molecule has 1 aliphatic heterocycles. The smallest absolute Gasteiger partial charge is 0.315 e. The molecule has 0 radical (unpaired) electrons. The van der Waals surface area contributed by atoms with Crippen molar-refractivity contribution < 1.29 is 14.0 Å². The average molecular weight is 237 g/mol. The van der Waals surface area contributed by atoms with Crippen LogP contribution in [0.2, 0.25) is 0 Å². The van der Waals surface area contributed by atoms with Crippen LogP contribution in [0.5, 0.6) is 0 Å². The molecule has 90 valence electrons. The molecule has 0 spiro atoms. The monoisotopic (exact) mass is 237 g/mol. The number of hydrogen-bond donors (Lipinski definition) is 0. The highest BCUT2D eigenvalue weighted by Crippen LogP contribution is 2.19. The third-order valence-electron chi connectivity index (χ3n) is 2.47. The van der Waals surface area contributed by atoms with Crippen molar-refractivity contribution in [1.82, 2.24) is 9.88 Å². The van der Waals surface area contributed by atoms with E-state index in [0.29, 0.717) is 6.54 Å². The molecule has 1 aromatic heterocycles. The minimum Gasteiger partial charge on any atom is -0.315 e. The first-order chi connectivity index (χ1) is 8.13. The number of aromatic nitrogens is 1. The van der Waals surface area contributed by atoms with Crippen molar-refractivity contribution in [2.75, 3.05) is 18.0 Å². The summed E-state index contributed by atoms with van der Waals surface area (Å²) in [6.07, 6.45) is 1.77. The second-order valence-electron chi connectivity index (χ2n) is 3.77. The fourth-order valence-corrected chi connectivity index (χ4v) is 1.72. The normalized spacial score (nSPS) is 15.9. The Balaban J connectivity index is 2.24. The molecule has 0 aliphatic carbocycles. The standard InChI is InChI=1S/C11H12FN3O2/c1-2-5-14-7-10(16)15(11(14)17)9-4-3-8(12)6-13-9/h3-4,6H,2,5,7H2,1H3. The second-order valence-corrected chi connectivity index (χ2v) is 3.77. The topological polar surface area (TPSA) is 53.5 Å². The summed E-state index contributed by atoms with van der Waals surface area (Å²) >= 11 is 0. The van der Waals surface area contributed by atoms with Gasteiger partial charge in [0.05, 0.1) is 6.20 Å². The highest BCUT2D eigenvalue weighted by Gasteiger charge is 2.37. The number of carbonyl (C=O) groups is 2. The summed E-state index contributed by atoms with van der Waals surface area (Å²) in [6.45, 7) is 2.52. The van der Waals surface area contributed by atoms with Crippen LogP contribution < -0.4 is 4.90 Å². The number of imide groups is 1. The lowest BCUT2D eigenvalue weighted by molar-refractivity contribution is -0.116. The number of amides is 3. The van der Waals surface area contributed by atoms with Gasteiger partial charge in [-0.3, -0.25) is 4.79 Å². The van der Waals surface area contributed by atoms with E-state index in [2.05, 4.69) is 4.98 Å². The molecule has 1 saturated heterocycles. The van der Waals surface area contributed by atoms with E-state index in [1.54, 1.807) is 0 Å². The number of rotatable bonds is 3. The molecule has 0 bridgehead atoms. The van der Waals surface area contributed by atoms with E-state index in [4.69, 9.17) is 0 Å². The lowest BCUT2D eigenvalue weighted by Crippen LogP contribution is -2.33. The zero-order chi connectivity index (χ0) is 12.4. The van der Waals surface area contributed by atoms with Gasteiger partial charge in [0.25, 0.3) is 5.91 Å². The molecule has 2 rings (SSSR count). The molecule has 5 nitrogen and oxygen atoms in total. The number of nitrogens with zero attached hydrogens (tertiary/aromatic N) is 3. The van der Waals surface area contributed by atoms with Crippen molar-refractivity contribution in [3.05, 3.63) is 24.1 Å². The van der Waals surface area contributed by atoms with Crippen LogP contribution in [-0.4, -0.2) is 34.9 Å². The number of carbonyl (C=O) groups excluding carboxylic acids is 2. The third kappa shape index (κ3) is 2.11. The van der Waals surface area contributed by atoms with E-state index in [-0.39, 0.29) is 18.3 Å². The fourth-order valence-electron chi connectivity index (χ4n) is 1.72. The maximum Gasteiger partial charge on any atom is 0.333 e. The van der Waals surface area contributed by atoms with Crippen LogP contribution in [0.1, 0.15) is 13.3 Å². The fraction of sp³-hybridized carbons (Fsp3) is 0.364. The van der Waals surface area contributed by atoms with E-state index >= 15 is 0 Å². The van der Waals surface area contributed by atoms with E-state index in [1.165, 1.54) is 17.0 Å². The highest BCUT2D eigenvalue weighted by atomic mass is 19.1. The maximum atomic E-state index is 12.7. The van der Waals surface area contributed by atoms with Crippen molar-refractivity contribution in [2.45, 2.75) is 13.3 Å². The molecular weight excluding hydrogens is 225 g/mol. The van der Waals surface area contributed by atoms with Gasteiger partial charge in [0.15, 0.2) is 0 Å². The van der Waals surface area contributed by atoms with Gasteiger partial charge in [-0.15, -0.1) is 0 Å². The summed E-state index contributed by atoms with van der Waals surface area (Å²) in [4.78, 5) is 29.7. The van der Waals surface area contributed by atoms with Crippen molar-refractivity contribution in [1.29, 1.82) is 0 Å². The summed E-state index contributed by atoms with van der Waals surface area (Å²) in [5, 5.41) is 0. The van der Waals surface area contributed by atoms with Crippen molar-refractivity contribution >= 4 is 17.8 Å². The summed E-state index contributed by atoms with van der Waals surface area (Å²) in [5.41, 5.74) is 0. The summed E-state index contributed by atoms with van der Waals surface area (Å²) in [7, 11) is 0. The van der Waals surface area contributed by atoms with Gasteiger partial charge in [-0.05, 0) is 18.6 Å². The molecule has 0 atom stereocenters. The number of hydrogen-bond acceptors (Lipinski definition) is 3. The number of urea groups is 1. The van der Waals surface area contributed by atoms with Gasteiger partial charge < -0.3 is 4.90 Å². The van der Waals surface area contributed by atoms with Gasteiger partial charge in [-0.25, -0.2) is 19.1 Å². The van der Waals surface area contributed by atoms with Crippen molar-refractivity contribution in [3.63, 3.8) is 0 Å². The highest BCUT2D eigenvalue weighted by molar-refractivity contribution is 6.19. The zero-order valence-corrected chi connectivity index (χ0v) is 9.39. The Hall–Kier alpha value is -1.98. The first-order valence-corrected chi connectivity index (χ1v) is 5.37. The van der Waals surface area contributed by atoms with E-state index in [0.717, 1.165) is 17.5 Å². The van der Waals surface area contributed by atoms with Gasteiger partial charge in [0, 0.05) is 6.54 Å². The first-order valence-electron chi connectivity index (χ1n) is 5.37. The van der Waals surface area contributed by atoms with Crippen LogP contribution in [0.4, 0.5) is 15.0 Å². The van der Waals surface area contributed by atoms with E-state index < -0.39 is 11.8 Å². The third-order valence-corrected chi connectivity index (χ3v) is 2.47. The molecule has 0 aromatic carbocycles. The second kappa shape index (κ2) is 4.48. The Morgan fingerprint density at radius 2 is 2.18 bits per heavy atom. The van der Waals surface area contributed by atoms with Gasteiger partial charge in [0.1, 0.15) is 18.2 Å². The van der Waals surface area contributed by atoms with Crippen LogP contribution in [0, 0.1) is 5.82 Å². The lowest BCUT2D eigenvalue weighted by Gasteiger charge is -2.15. The van der Waals surface area contributed by atoms with Crippen molar-refractivity contribution in [2.24, 2.45) is 0 Å². The Kier molecular flexibility index (Phi) is 3.03. The molecular formula is C11H12FN3O2. The quantitative estimate of drug-likeness (QED) is 0.747. The Morgan fingerprint density at radius 3 is 2.76 bits per heavy atom. The molecule has 1 aromatic rings. The van der Waals surface area contributed by atoms with Gasteiger partial charge >= 0.3 is 6.03 Å². The Bertz CT molecular complexity index is 447. The minimum atomic E-state index is -0.502. The van der Waals surface area contributed by atoms with Gasteiger partial charge in [-0.1, -0.05) is 6.92 Å². The molecule has 6 heteroatoms. The molecule has 1 aliphatic rings. The summed E-state index contributed by atoms with van der Waals surface area (Å²) < 4.78 is 12.7. The predicted molar refractivity (Wildman–Crippen MR) is 58.9 cm³/mol. The van der Waals surface area contributed by atoms with Gasteiger partial charge in [0.2, 0.25) is 0 Å². The molecule has 0 saturated carbocycles. The van der Waals surface area contributed by atoms with Gasteiger partial charge in [-0.2, -0.15) is 0 Å². The Morgan fingerprint density at radius 1 is 1.41 bits per heavy atom. The Labute approximate surface area is 97.8 Å². The van der Waals surface area contributed by atoms with E-state index in [1.807, 2.05) is 6.92 Å². The lowest BCUT2D eigenvalue weighted by atomic mass is 10.4. The summed E-state index contributed by atoms with van der Waals surface area (Å²) in [5.74, 6) is -0.666. The average Bonchev–Trinajstić information content (AvgIpc) is 2.57. The first kappa shape index (κ1) is 11.5. The van der Waals surface area contributed by atoms with Crippen molar-refractivity contribution in [3.8, 4) is 0 Å². The molecule has 0 N–H and O–H groups in total. The zero-order valence-electron chi connectivity index (χ0n) is 9.39. The number of pyridine rings is 1. The maximum absolute atomic E-state index is 12.7. The molecule has 2 heterocycles. The molecule has 1 fully saturated rings. The van der Waals surface area contributed by atoms with Crippen LogP contribution in [-0.2, 0) is 4.79 Å². The van der Waals surface area contributed by atoms with E-state index in [9.17, 15) is 14.0 Å². The van der Waals surface area contributed by atoms with Crippen LogP contribution >= 0.6 is 0 Å². The van der Waals surface area contributed by atoms with Crippen LogP contribution in [0.25, 0.3) is 0 Å². The molecule has 17 heavy (non-hydrogen) atoms. The number of halogens is 1. The number of anilines is 1. The predicted octanol–water partition coefficient (Wildman–Crippen LogP) is 1.40. The summed E-state index contributed by atoms with van der Waals surface area (Å²) in [6, 6.07) is 2.10. The molecule has 0 unspecified atom stereocenters.